The second-order valence-corrected chi connectivity index (χ2v) is 5.56. The fraction of sp³-hybridized carbons (Fsp3) is 0.176. The molecule has 8 nitrogen and oxygen atoms in total. The van der Waals surface area contributed by atoms with Gasteiger partial charge in [-0.05, 0) is 5.56 Å². The second kappa shape index (κ2) is 10.00. The first-order valence-corrected chi connectivity index (χ1v) is 8.22. The highest BCUT2D eigenvalue weighted by Crippen LogP contribution is 2.20. The summed E-state index contributed by atoms with van der Waals surface area (Å²) in [6.07, 6.45) is 4.06. The van der Waals surface area contributed by atoms with Crippen molar-refractivity contribution in [1.82, 2.24) is 20.6 Å². The summed E-state index contributed by atoms with van der Waals surface area (Å²) in [4.78, 5) is 19.6. The zero-order chi connectivity index (χ0) is 18.8. The number of aromatic nitrogens is 2. The molecule has 9 heteroatoms. The van der Waals surface area contributed by atoms with E-state index in [2.05, 4.69) is 31.2 Å². The van der Waals surface area contributed by atoms with Crippen LogP contribution in [-0.2, 0) is 11.3 Å². The van der Waals surface area contributed by atoms with Crippen molar-refractivity contribution in [3.05, 3.63) is 59.0 Å². The van der Waals surface area contributed by atoms with Crippen molar-refractivity contribution in [2.24, 2.45) is 0 Å². The van der Waals surface area contributed by atoms with Crippen LogP contribution in [0.3, 0.4) is 0 Å². The molecular weight excluding hydrogens is 354 g/mol. The molecule has 1 aromatic heterocycles. The zero-order valence-electron chi connectivity index (χ0n) is 14.2. The van der Waals surface area contributed by atoms with Gasteiger partial charge in [0.1, 0.15) is 5.02 Å². The molecule has 0 saturated carbocycles. The predicted octanol–water partition coefficient (Wildman–Crippen LogP) is 1.98. The Kier molecular flexibility index (Phi) is 7.38. The van der Waals surface area contributed by atoms with Gasteiger partial charge in [-0.2, -0.15) is 4.98 Å². The van der Waals surface area contributed by atoms with Crippen molar-refractivity contribution in [3.8, 4) is 0 Å². The lowest BCUT2D eigenvalue weighted by Gasteiger charge is -2.10. The summed E-state index contributed by atoms with van der Waals surface area (Å²) < 4.78 is 0. The lowest BCUT2D eigenvalue weighted by molar-refractivity contribution is -0.119. The number of benzene rings is 1. The van der Waals surface area contributed by atoms with Gasteiger partial charge >= 0.3 is 0 Å². The van der Waals surface area contributed by atoms with Crippen molar-refractivity contribution in [2.45, 2.75) is 6.54 Å². The van der Waals surface area contributed by atoms with Gasteiger partial charge in [0.25, 0.3) is 0 Å². The fourth-order valence-electron chi connectivity index (χ4n) is 1.92. The molecule has 0 aliphatic carbocycles. The number of nitrogens with zero attached hydrogens (tertiary/aromatic N) is 2. The number of halogens is 1. The van der Waals surface area contributed by atoms with Crippen molar-refractivity contribution >= 4 is 35.5 Å². The summed E-state index contributed by atoms with van der Waals surface area (Å²) in [5, 5.41) is 19.2. The smallest absolute Gasteiger partial charge is 0.239 e. The number of hydrogen-bond acceptors (Lipinski definition) is 7. The average Bonchev–Trinajstić information content (AvgIpc) is 2.68. The number of hydrogen-bond donors (Lipinski definition) is 5. The van der Waals surface area contributed by atoms with Crippen molar-refractivity contribution < 1.29 is 4.79 Å². The molecule has 136 valence electrons. The Morgan fingerprint density at radius 3 is 2.77 bits per heavy atom. The van der Waals surface area contributed by atoms with Gasteiger partial charge in [0.2, 0.25) is 11.9 Å². The van der Waals surface area contributed by atoms with E-state index in [0.29, 0.717) is 23.1 Å². The maximum atomic E-state index is 11.2. The van der Waals surface area contributed by atoms with E-state index < -0.39 is 0 Å². The van der Waals surface area contributed by atoms with Crippen LogP contribution in [0, 0.1) is 5.41 Å². The molecule has 0 aliphatic rings. The van der Waals surface area contributed by atoms with Crippen LogP contribution in [0.2, 0.25) is 5.02 Å². The molecule has 26 heavy (non-hydrogen) atoms. The average molecular weight is 374 g/mol. The van der Waals surface area contributed by atoms with Gasteiger partial charge in [0.15, 0.2) is 5.82 Å². The number of nitrogens with one attached hydrogen (secondary N) is 5. The largest absolute Gasteiger partial charge is 0.380 e. The highest BCUT2D eigenvalue weighted by atomic mass is 35.5. The molecular formula is C17H20ClN7O. The molecule has 2 aromatic rings. The quantitative estimate of drug-likeness (QED) is 0.429. The molecule has 0 fully saturated rings. The Morgan fingerprint density at radius 2 is 2.08 bits per heavy atom. The topological polar surface area (TPSA) is 115 Å². The lowest BCUT2D eigenvalue weighted by atomic mass is 10.2. The number of anilines is 2. The summed E-state index contributed by atoms with van der Waals surface area (Å²) in [5.74, 6) is 0.595. The number of allylic oxidation sites excluding steroid dienone is 1. The normalized spacial score (nSPS) is 10.8. The van der Waals surface area contributed by atoms with Crippen LogP contribution in [0.4, 0.5) is 11.8 Å². The van der Waals surface area contributed by atoms with Crippen LogP contribution < -0.4 is 21.3 Å². The monoisotopic (exact) mass is 373 g/mol. The molecule has 0 unspecified atom stereocenters. The Hall–Kier alpha value is -3.13. The van der Waals surface area contributed by atoms with Crippen LogP contribution >= 0.6 is 11.6 Å². The minimum atomic E-state index is -0.166. The summed E-state index contributed by atoms with van der Waals surface area (Å²) in [6, 6.07) is 9.86. The van der Waals surface area contributed by atoms with E-state index in [-0.39, 0.29) is 18.4 Å². The number of carbonyl (C=O) groups is 1. The third kappa shape index (κ3) is 6.06. The highest BCUT2D eigenvalue weighted by Gasteiger charge is 2.06. The fourth-order valence-corrected chi connectivity index (χ4v) is 2.08. The summed E-state index contributed by atoms with van der Waals surface area (Å²) >= 11 is 6.14. The minimum absolute atomic E-state index is 0.0981. The van der Waals surface area contributed by atoms with Crippen LogP contribution in [-0.4, -0.2) is 35.7 Å². The van der Waals surface area contributed by atoms with Crippen molar-refractivity contribution in [2.75, 3.05) is 24.2 Å². The zero-order valence-corrected chi connectivity index (χ0v) is 15.0. The first-order chi connectivity index (χ1) is 12.6. The number of carbonyl (C=O) groups excluding carboxylic acids is 1. The third-order valence-electron chi connectivity index (χ3n) is 3.26. The Balaban J connectivity index is 2.01. The molecule has 5 N–H and O–H groups in total. The van der Waals surface area contributed by atoms with E-state index in [1.165, 1.54) is 12.4 Å². The Morgan fingerprint density at radius 1 is 1.31 bits per heavy atom. The molecule has 1 amide bonds. The molecule has 1 heterocycles. The van der Waals surface area contributed by atoms with Gasteiger partial charge in [-0.1, -0.05) is 41.9 Å². The van der Waals surface area contributed by atoms with E-state index in [1.54, 1.807) is 7.05 Å². The van der Waals surface area contributed by atoms with Crippen LogP contribution in [0.15, 0.2) is 48.4 Å². The van der Waals surface area contributed by atoms with Gasteiger partial charge in [0, 0.05) is 26.0 Å². The van der Waals surface area contributed by atoms with Gasteiger partial charge in [0.05, 0.1) is 18.4 Å². The first-order valence-electron chi connectivity index (χ1n) is 7.84. The molecule has 0 aliphatic heterocycles. The van der Waals surface area contributed by atoms with E-state index in [4.69, 9.17) is 17.0 Å². The lowest BCUT2D eigenvalue weighted by Crippen LogP contribution is -2.29. The number of amides is 1. The Bertz CT molecular complexity index is 780. The molecule has 0 bridgehead atoms. The highest BCUT2D eigenvalue weighted by molar-refractivity contribution is 6.32. The summed E-state index contributed by atoms with van der Waals surface area (Å²) in [7, 11) is 1.55. The van der Waals surface area contributed by atoms with Gasteiger partial charge in [-0.3, -0.25) is 4.79 Å². The van der Waals surface area contributed by atoms with E-state index in [0.717, 1.165) is 11.8 Å². The standard InChI is InChI=1S/C17H20ClN7O/c1-20-15(26)11-21-9-13(7-19)24-17-23-10-14(18)16(25-17)22-8-12-5-3-2-4-6-12/h2-7,9-10,19,21H,8,11H2,1H3,(H,20,26)(H2,22,23,24,25)/b13-9+,19-7?. The Labute approximate surface area is 156 Å². The first kappa shape index (κ1) is 19.2. The van der Waals surface area contributed by atoms with E-state index in [1.807, 2.05) is 30.3 Å². The van der Waals surface area contributed by atoms with Crippen LogP contribution in [0.1, 0.15) is 5.56 Å². The number of likely N-dealkylation sites (N-methyl/N-ethyl adjacent to an activating group) is 1. The molecule has 0 atom stereocenters. The predicted molar refractivity (Wildman–Crippen MR) is 103 cm³/mol. The molecule has 2 rings (SSSR count). The maximum Gasteiger partial charge on any atom is 0.239 e. The van der Waals surface area contributed by atoms with Crippen LogP contribution in [0.25, 0.3) is 0 Å². The van der Waals surface area contributed by atoms with Gasteiger partial charge < -0.3 is 26.7 Å². The molecule has 0 saturated heterocycles. The maximum absolute atomic E-state index is 11.2. The molecule has 0 spiro atoms. The van der Waals surface area contributed by atoms with Crippen molar-refractivity contribution in [1.29, 1.82) is 5.41 Å². The van der Waals surface area contributed by atoms with Gasteiger partial charge in [-0.15, -0.1) is 0 Å². The molecule has 0 radical (unpaired) electrons. The second-order valence-electron chi connectivity index (χ2n) is 5.15. The van der Waals surface area contributed by atoms with Gasteiger partial charge in [-0.25, -0.2) is 4.98 Å². The van der Waals surface area contributed by atoms with E-state index in [9.17, 15) is 4.79 Å². The summed E-state index contributed by atoms with van der Waals surface area (Å²) in [6.45, 7) is 0.666. The summed E-state index contributed by atoms with van der Waals surface area (Å²) in [5.41, 5.74) is 1.49. The SMILES string of the molecule is CNC(=O)CN/C=C(\C=N)Nc1ncc(Cl)c(NCc2ccccc2)n1. The third-order valence-corrected chi connectivity index (χ3v) is 3.53. The van der Waals surface area contributed by atoms with Crippen molar-refractivity contribution in [3.63, 3.8) is 0 Å². The number of rotatable bonds is 9. The molecule has 1 aromatic carbocycles. The van der Waals surface area contributed by atoms with Crippen LogP contribution in [0.5, 0.6) is 0 Å². The van der Waals surface area contributed by atoms with E-state index >= 15 is 0 Å². The minimum Gasteiger partial charge on any atom is -0.380 e.